The molecule has 0 saturated heterocycles. The Kier molecular flexibility index (Phi) is 4.69. The number of benzene rings is 2. The van der Waals surface area contributed by atoms with Gasteiger partial charge in [0.25, 0.3) is 0 Å². The highest BCUT2D eigenvalue weighted by Crippen LogP contribution is 2.17. The van der Waals surface area contributed by atoms with Crippen LogP contribution < -0.4 is 4.72 Å². The Hall–Kier alpha value is -2.18. The maximum atomic E-state index is 12.6. The SMILES string of the molecule is CCc1ccccc1S(=O)(=O)NCCn1c(C)nc2ccccc21. The van der Waals surface area contributed by atoms with E-state index in [0.717, 1.165) is 22.4 Å². The number of imidazole rings is 1. The third kappa shape index (κ3) is 3.20. The van der Waals surface area contributed by atoms with E-state index in [1.807, 2.05) is 54.8 Å². The number of sulfonamides is 1. The first-order chi connectivity index (χ1) is 11.5. The molecule has 0 fully saturated rings. The molecule has 1 heterocycles. The molecule has 0 radical (unpaired) electrons. The number of nitrogens with one attached hydrogen (secondary N) is 1. The predicted octanol–water partition coefficient (Wildman–Crippen LogP) is 2.89. The van der Waals surface area contributed by atoms with Crippen molar-refractivity contribution < 1.29 is 8.42 Å². The molecule has 0 unspecified atom stereocenters. The van der Waals surface area contributed by atoms with Gasteiger partial charge in [-0.15, -0.1) is 0 Å². The van der Waals surface area contributed by atoms with Crippen molar-refractivity contribution in [3.63, 3.8) is 0 Å². The minimum absolute atomic E-state index is 0.321. The lowest BCUT2D eigenvalue weighted by molar-refractivity contribution is 0.571. The highest BCUT2D eigenvalue weighted by atomic mass is 32.2. The molecule has 0 aliphatic heterocycles. The smallest absolute Gasteiger partial charge is 0.240 e. The van der Waals surface area contributed by atoms with Crippen LogP contribution in [0.1, 0.15) is 18.3 Å². The van der Waals surface area contributed by atoms with Gasteiger partial charge in [0.2, 0.25) is 10.0 Å². The molecule has 5 nitrogen and oxygen atoms in total. The van der Waals surface area contributed by atoms with Crippen molar-refractivity contribution in [2.24, 2.45) is 0 Å². The van der Waals surface area contributed by atoms with Gasteiger partial charge in [-0.2, -0.15) is 0 Å². The van der Waals surface area contributed by atoms with E-state index in [2.05, 4.69) is 9.71 Å². The summed E-state index contributed by atoms with van der Waals surface area (Å²) in [6.07, 6.45) is 0.683. The van der Waals surface area contributed by atoms with Gasteiger partial charge in [0.15, 0.2) is 0 Å². The molecule has 24 heavy (non-hydrogen) atoms. The molecule has 1 N–H and O–H groups in total. The number of rotatable bonds is 6. The van der Waals surface area contributed by atoms with Crippen LogP contribution in [-0.4, -0.2) is 24.5 Å². The van der Waals surface area contributed by atoms with Crippen molar-refractivity contribution >= 4 is 21.1 Å². The van der Waals surface area contributed by atoms with Crippen LogP contribution in [0.5, 0.6) is 0 Å². The molecule has 0 aliphatic carbocycles. The molecule has 0 bridgehead atoms. The second kappa shape index (κ2) is 6.75. The van der Waals surface area contributed by atoms with E-state index in [1.165, 1.54) is 0 Å². The fraction of sp³-hybridized carbons (Fsp3) is 0.278. The van der Waals surface area contributed by atoms with Crippen molar-refractivity contribution in [1.82, 2.24) is 14.3 Å². The molecule has 0 aliphatic rings. The van der Waals surface area contributed by atoms with Crippen molar-refractivity contribution in [2.45, 2.75) is 31.7 Å². The maximum Gasteiger partial charge on any atom is 0.240 e. The van der Waals surface area contributed by atoms with Crippen LogP contribution in [0.15, 0.2) is 53.4 Å². The fourth-order valence-electron chi connectivity index (χ4n) is 2.91. The lowest BCUT2D eigenvalue weighted by Crippen LogP contribution is -2.28. The fourth-order valence-corrected chi connectivity index (χ4v) is 4.24. The molecule has 0 atom stereocenters. The quantitative estimate of drug-likeness (QED) is 0.748. The predicted molar refractivity (Wildman–Crippen MR) is 95.5 cm³/mol. The van der Waals surface area contributed by atoms with Gasteiger partial charge in [0.1, 0.15) is 5.82 Å². The number of aromatic nitrogens is 2. The first-order valence-corrected chi connectivity index (χ1v) is 9.50. The van der Waals surface area contributed by atoms with Gasteiger partial charge in [0.05, 0.1) is 15.9 Å². The van der Waals surface area contributed by atoms with E-state index in [4.69, 9.17) is 0 Å². The zero-order valence-corrected chi connectivity index (χ0v) is 14.7. The summed E-state index contributed by atoms with van der Waals surface area (Å²) < 4.78 is 29.8. The van der Waals surface area contributed by atoms with Crippen molar-refractivity contribution in [3.05, 3.63) is 59.9 Å². The molecule has 2 aromatic carbocycles. The summed E-state index contributed by atoms with van der Waals surface area (Å²) in [5, 5.41) is 0. The zero-order valence-electron chi connectivity index (χ0n) is 13.9. The summed E-state index contributed by atoms with van der Waals surface area (Å²) in [4.78, 5) is 4.86. The van der Waals surface area contributed by atoms with Crippen LogP contribution in [0.3, 0.4) is 0 Å². The van der Waals surface area contributed by atoms with E-state index < -0.39 is 10.0 Å². The van der Waals surface area contributed by atoms with E-state index in [0.29, 0.717) is 24.4 Å². The molecule has 126 valence electrons. The van der Waals surface area contributed by atoms with Gasteiger partial charge in [-0.1, -0.05) is 37.3 Å². The molecule has 3 rings (SSSR count). The zero-order chi connectivity index (χ0) is 17.2. The number of hydrogen-bond donors (Lipinski definition) is 1. The molecule has 0 saturated carbocycles. The van der Waals surface area contributed by atoms with Crippen LogP contribution in [0.25, 0.3) is 11.0 Å². The third-order valence-corrected chi connectivity index (χ3v) is 5.68. The largest absolute Gasteiger partial charge is 0.327 e. The second-order valence-corrected chi connectivity index (χ2v) is 7.39. The monoisotopic (exact) mass is 343 g/mol. The normalized spacial score (nSPS) is 11.9. The van der Waals surface area contributed by atoms with Crippen LogP contribution >= 0.6 is 0 Å². The molecule has 1 aromatic heterocycles. The van der Waals surface area contributed by atoms with Gasteiger partial charge in [-0.25, -0.2) is 18.1 Å². The Morgan fingerprint density at radius 2 is 1.79 bits per heavy atom. The maximum absolute atomic E-state index is 12.6. The van der Waals surface area contributed by atoms with Gasteiger partial charge >= 0.3 is 0 Å². The second-order valence-electron chi connectivity index (χ2n) is 5.66. The summed E-state index contributed by atoms with van der Waals surface area (Å²) >= 11 is 0. The Bertz CT molecular complexity index is 961. The molecular weight excluding hydrogens is 322 g/mol. The molecule has 0 amide bonds. The first kappa shape index (κ1) is 16.7. The lowest BCUT2D eigenvalue weighted by atomic mass is 10.2. The molecule has 6 heteroatoms. The average molecular weight is 343 g/mol. The van der Waals surface area contributed by atoms with E-state index in [1.54, 1.807) is 12.1 Å². The summed E-state index contributed by atoms with van der Waals surface area (Å²) in [5.74, 6) is 0.879. The van der Waals surface area contributed by atoms with Gasteiger partial charge in [0, 0.05) is 13.1 Å². The van der Waals surface area contributed by atoms with Gasteiger partial charge < -0.3 is 4.57 Å². The average Bonchev–Trinajstić information content (AvgIpc) is 2.90. The summed E-state index contributed by atoms with van der Waals surface area (Å²) in [5.41, 5.74) is 2.77. The Labute approximate surface area is 142 Å². The standard InChI is InChI=1S/C18H21N3O2S/c1-3-15-8-4-7-11-18(15)24(22,23)19-12-13-21-14(2)20-16-9-5-6-10-17(16)21/h4-11,19H,3,12-13H2,1-2H3. The van der Waals surface area contributed by atoms with Crippen molar-refractivity contribution in [1.29, 1.82) is 0 Å². The van der Waals surface area contributed by atoms with Crippen molar-refractivity contribution in [3.8, 4) is 0 Å². The molecule has 3 aromatic rings. The highest BCUT2D eigenvalue weighted by molar-refractivity contribution is 7.89. The summed E-state index contributed by atoms with van der Waals surface area (Å²) in [7, 11) is -3.51. The van der Waals surface area contributed by atoms with Gasteiger partial charge in [-0.3, -0.25) is 0 Å². The topological polar surface area (TPSA) is 64.0 Å². The highest BCUT2D eigenvalue weighted by Gasteiger charge is 2.17. The molecular formula is C18H21N3O2S. The first-order valence-electron chi connectivity index (χ1n) is 8.02. The number of fused-ring (bicyclic) bond motifs is 1. The van der Waals surface area contributed by atoms with E-state index in [-0.39, 0.29) is 0 Å². The van der Waals surface area contributed by atoms with E-state index in [9.17, 15) is 8.42 Å². The Morgan fingerprint density at radius 1 is 1.08 bits per heavy atom. The summed E-state index contributed by atoms with van der Waals surface area (Å²) in [6, 6.07) is 15.0. The number of hydrogen-bond acceptors (Lipinski definition) is 3. The van der Waals surface area contributed by atoms with Crippen molar-refractivity contribution in [2.75, 3.05) is 6.54 Å². The number of aryl methyl sites for hydroxylation is 2. The van der Waals surface area contributed by atoms with Crippen LogP contribution in [0.2, 0.25) is 0 Å². The summed E-state index contributed by atoms with van der Waals surface area (Å²) in [6.45, 7) is 4.75. The number of para-hydroxylation sites is 2. The van der Waals surface area contributed by atoms with Gasteiger partial charge in [-0.05, 0) is 37.1 Å². The van der Waals surface area contributed by atoms with Crippen LogP contribution in [-0.2, 0) is 23.0 Å². The van der Waals surface area contributed by atoms with E-state index >= 15 is 0 Å². The molecule has 0 spiro atoms. The minimum atomic E-state index is -3.51. The lowest BCUT2D eigenvalue weighted by Gasteiger charge is -2.11. The van der Waals surface area contributed by atoms with Crippen LogP contribution in [0.4, 0.5) is 0 Å². The Balaban J connectivity index is 1.77. The van der Waals surface area contributed by atoms with Crippen LogP contribution in [0, 0.1) is 6.92 Å². The minimum Gasteiger partial charge on any atom is -0.327 e. The third-order valence-electron chi connectivity index (χ3n) is 4.12. The number of nitrogens with zero attached hydrogens (tertiary/aromatic N) is 2. The Morgan fingerprint density at radius 3 is 2.58 bits per heavy atom.